The highest BCUT2D eigenvalue weighted by atomic mass is 127. The molecule has 31 heavy (non-hydrogen) atoms. The van der Waals surface area contributed by atoms with Gasteiger partial charge in [0.25, 0.3) is 0 Å². The van der Waals surface area contributed by atoms with Crippen molar-refractivity contribution in [3.63, 3.8) is 0 Å². The summed E-state index contributed by atoms with van der Waals surface area (Å²) in [6.45, 7) is 7.33. The Morgan fingerprint density at radius 3 is 2.48 bits per heavy atom. The van der Waals surface area contributed by atoms with E-state index in [4.69, 9.17) is 9.47 Å². The maximum atomic E-state index is 5.86. The topological polar surface area (TPSA) is 49.3 Å². The quantitative estimate of drug-likeness (QED) is 0.360. The lowest BCUT2D eigenvalue weighted by molar-refractivity contribution is -0.0858. The number of rotatable bonds is 5. The summed E-state index contributed by atoms with van der Waals surface area (Å²) in [4.78, 5) is 9.44. The molecule has 2 aliphatic heterocycles. The van der Waals surface area contributed by atoms with Crippen LogP contribution in [0.2, 0.25) is 0 Å². The molecule has 0 unspecified atom stereocenters. The highest BCUT2D eigenvalue weighted by Crippen LogP contribution is 2.24. The van der Waals surface area contributed by atoms with Gasteiger partial charge in [-0.2, -0.15) is 0 Å². The summed E-state index contributed by atoms with van der Waals surface area (Å²) >= 11 is 0. The molecule has 2 fully saturated rings. The van der Waals surface area contributed by atoms with Gasteiger partial charge in [-0.15, -0.1) is 24.0 Å². The fourth-order valence-corrected chi connectivity index (χ4v) is 4.56. The smallest absolute Gasteiger partial charge is 0.193 e. The van der Waals surface area contributed by atoms with Gasteiger partial charge in [0.2, 0.25) is 0 Å². The monoisotopic (exact) mass is 538 g/mol. The maximum absolute atomic E-state index is 5.86. The number of halogens is 1. The normalized spacial score (nSPS) is 19.8. The third-order valence-electron chi connectivity index (χ3n) is 6.56. The van der Waals surface area contributed by atoms with Crippen molar-refractivity contribution in [1.82, 2.24) is 15.1 Å². The minimum absolute atomic E-state index is 0. The van der Waals surface area contributed by atoms with Crippen LogP contribution < -0.4 is 5.32 Å². The molecular formula is C24H35IN4O2. The van der Waals surface area contributed by atoms with E-state index in [1.165, 1.54) is 16.3 Å². The first-order valence-corrected chi connectivity index (χ1v) is 11.0. The standard InChI is InChI=1S/C24H34N4O2.HI/c1-25-23(26-19-24(29-2)10-16-30-17-11-24)28-14-12-27(13-15-28)18-21-8-5-7-20-6-3-4-9-22(20)21;/h3-9H,10-19H2,1-2H3,(H,25,26);1H. The summed E-state index contributed by atoms with van der Waals surface area (Å²) in [6, 6.07) is 15.3. The van der Waals surface area contributed by atoms with E-state index in [1.54, 1.807) is 0 Å². The molecule has 2 aromatic rings. The number of nitrogens with one attached hydrogen (secondary N) is 1. The first-order valence-electron chi connectivity index (χ1n) is 11.0. The number of aliphatic imine (C=N–C) groups is 1. The lowest BCUT2D eigenvalue weighted by Crippen LogP contribution is -2.55. The molecule has 0 atom stereocenters. The molecule has 0 aromatic heterocycles. The van der Waals surface area contributed by atoms with Gasteiger partial charge < -0.3 is 19.7 Å². The Kier molecular flexibility index (Phi) is 8.95. The van der Waals surface area contributed by atoms with Gasteiger partial charge in [0.1, 0.15) is 0 Å². The molecular weight excluding hydrogens is 503 g/mol. The van der Waals surface area contributed by atoms with Gasteiger partial charge in [-0.05, 0) is 16.3 Å². The van der Waals surface area contributed by atoms with Gasteiger partial charge in [0, 0.05) is 79.5 Å². The summed E-state index contributed by atoms with van der Waals surface area (Å²) in [5.74, 6) is 0.975. The average Bonchev–Trinajstić information content (AvgIpc) is 2.81. The second-order valence-electron chi connectivity index (χ2n) is 8.30. The molecule has 7 heteroatoms. The molecule has 2 aromatic carbocycles. The van der Waals surface area contributed by atoms with E-state index in [0.29, 0.717) is 0 Å². The number of piperazine rings is 1. The lowest BCUT2D eigenvalue weighted by atomic mass is 9.94. The van der Waals surface area contributed by atoms with Crippen LogP contribution in [0.3, 0.4) is 0 Å². The van der Waals surface area contributed by atoms with Gasteiger partial charge in [-0.1, -0.05) is 42.5 Å². The molecule has 4 rings (SSSR count). The van der Waals surface area contributed by atoms with Crippen molar-refractivity contribution >= 4 is 40.7 Å². The van der Waals surface area contributed by atoms with E-state index in [1.807, 2.05) is 14.2 Å². The molecule has 0 bridgehead atoms. The maximum Gasteiger partial charge on any atom is 0.193 e. The minimum Gasteiger partial charge on any atom is -0.381 e. The number of guanidine groups is 1. The van der Waals surface area contributed by atoms with Crippen LogP contribution in [0.15, 0.2) is 47.5 Å². The van der Waals surface area contributed by atoms with Crippen molar-refractivity contribution < 1.29 is 9.47 Å². The number of fused-ring (bicyclic) bond motifs is 1. The summed E-state index contributed by atoms with van der Waals surface area (Å²) < 4.78 is 11.4. The van der Waals surface area contributed by atoms with Crippen LogP contribution in [0.25, 0.3) is 10.8 Å². The molecule has 0 spiro atoms. The number of nitrogens with zero attached hydrogens (tertiary/aromatic N) is 3. The van der Waals surface area contributed by atoms with E-state index in [2.05, 4.69) is 62.6 Å². The Labute approximate surface area is 203 Å². The molecule has 0 amide bonds. The van der Waals surface area contributed by atoms with Crippen LogP contribution in [0, 0.1) is 0 Å². The zero-order chi connectivity index (χ0) is 20.8. The second kappa shape index (κ2) is 11.4. The molecule has 0 aliphatic carbocycles. The molecule has 1 N–H and O–H groups in total. The van der Waals surface area contributed by atoms with Crippen LogP contribution in [0.1, 0.15) is 18.4 Å². The Morgan fingerprint density at radius 2 is 1.77 bits per heavy atom. The molecule has 0 radical (unpaired) electrons. The van der Waals surface area contributed by atoms with Crippen LogP contribution in [-0.2, 0) is 16.0 Å². The summed E-state index contributed by atoms with van der Waals surface area (Å²) in [6.07, 6.45) is 1.85. The van der Waals surface area contributed by atoms with Gasteiger partial charge in [0.05, 0.1) is 5.60 Å². The van der Waals surface area contributed by atoms with E-state index in [-0.39, 0.29) is 29.6 Å². The Balaban J connectivity index is 0.00000272. The highest BCUT2D eigenvalue weighted by molar-refractivity contribution is 14.0. The Morgan fingerprint density at radius 1 is 1.06 bits per heavy atom. The van der Waals surface area contributed by atoms with Crippen LogP contribution in [-0.4, -0.2) is 81.5 Å². The van der Waals surface area contributed by atoms with E-state index >= 15 is 0 Å². The number of ether oxygens (including phenoxy) is 2. The minimum atomic E-state index is -0.148. The summed E-state index contributed by atoms with van der Waals surface area (Å²) in [5, 5.41) is 6.25. The molecule has 2 aliphatic rings. The lowest BCUT2D eigenvalue weighted by Gasteiger charge is -2.39. The van der Waals surface area contributed by atoms with Crippen molar-refractivity contribution in [3.05, 3.63) is 48.0 Å². The fraction of sp³-hybridized carbons (Fsp3) is 0.542. The van der Waals surface area contributed by atoms with E-state index in [9.17, 15) is 0 Å². The second-order valence-corrected chi connectivity index (χ2v) is 8.30. The van der Waals surface area contributed by atoms with Gasteiger partial charge in [-0.3, -0.25) is 9.89 Å². The van der Waals surface area contributed by atoms with Gasteiger partial charge in [-0.25, -0.2) is 0 Å². The number of benzene rings is 2. The zero-order valence-electron chi connectivity index (χ0n) is 18.7. The SMILES string of the molecule is CN=C(NCC1(OC)CCOCC1)N1CCN(Cc2cccc3ccccc23)CC1.I. The molecule has 170 valence electrons. The predicted octanol–water partition coefficient (Wildman–Crippen LogP) is 3.35. The van der Waals surface area contributed by atoms with Crippen LogP contribution >= 0.6 is 24.0 Å². The predicted molar refractivity (Wildman–Crippen MR) is 137 cm³/mol. The molecule has 2 heterocycles. The van der Waals surface area contributed by atoms with Crippen molar-refractivity contribution in [2.24, 2.45) is 4.99 Å². The van der Waals surface area contributed by atoms with Crippen molar-refractivity contribution in [1.29, 1.82) is 0 Å². The van der Waals surface area contributed by atoms with Crippen molar-refractivity contribution in [2.45, 2.75) is 25.0 Å². The molecule has 6 nitrogen and oxygen atoms in total. The first kappa shape index (κ1) is 24.2. The molecule has 0 saturated carbocycles. The zero-order valence-corrected chi connectivity index (χ0v) is 21.0. The number of methoxy groups -OCH3 is 1. The summed E-state index contributed by atoms with van der Waals surface area (Å²) in [5.41, 5.74) is 1.26. The van der Waals surface area contributed by atoms with Crippen molar-refractivity contribution in [3.8, 4) is 0 Å². The van der Waals surface area contributed by atoms with Gasteiger partial charge >= 0.3 is 0 Å². The number of hydrogen-bond donors (Lipinski definition) is 1. The van der Waals surface area contributed by atoms with Crippen molar-refractivity contribution in [2.75, 3.05) is 60.1 Å². The third-order valence-corrected chi connectivity index (χ3v) is 6.56. The highest BCUT2D eigenvalue weighted by Gasteiger charge is 2.33. The van der Waals surface area contributed by atoms with Crippen LogP contribution in [0.5, 0.6) is 0 Å². The molecule has 2 saturated heterocycles. The van der Waals surface area contributed by atoms with E-state index in [0.717, 1.165) is 71.3 Å². The Bertz CT molecular complexity index is 856. The first-order chi connectivity index (χ1) is 14.7. The summed E-state index contributed by atoms with van der Waals surface area (Å²) in [7, 11) is 3.68. The largest absolute Gasteiger partial charge is 0.381 e. The Hall–Kier alpha value is -1.42. The average molecular weight is 538 g/mol. The fourth-order valence-electron chi connectivity index (χ4n) is 4.56. The third kappa shape index (κ3) is 5.88. The van der Waals surface area contributed by atoms with E-state index < -0.39 is 0 Å². The van der Waals surface area contributed by atoms with Gasteiger partial charge in [0.15, 0.2) is 5.96 Å². The number of hydrogen-bond acceptors (Lipinski definition) is 4. The van der Waals surface area contributed by atoms with Crippen LogP contribution in [0.4, 0.5) is 0 Å².